The van der Waals surface area contributed by atoms with Crippen LogP contribution in [0.3, 0.4) is 0 Å². The van der Waals surface area contributed by atoms with Gasteiger partial charge in [0, 0.05) is 25.6 Å². The molecule has 0 saturated carbocycles. The van der Waals surface area contributed by atoms with E-state index >= 15 is 0 Å². The molecule has 0 aliphatic carbocycles. The van der Waals surface area contributed by atoms with Gasteiger partial charge in [0.15, 0.2) is 0 Å². The van der Waals surface area contributed by atoms with E-state index in [-0.39, 0.29) is 11.4 Å². The first kappa shape index (κ1) is 18.5. The molecule has 2 aromatic rings. The number of hydrogen-bond donors (Lipinski definition) is 2. The number of fused-ring (bicyclic) bond motifs is 1. The van der Waals surface area contributed by atoms with Gasteiger partial charge in [-0.05, 0) is 6.07 Å². The van der Waals surface area contributed by atoms with Crippen LogP contribution in [-0.4, -0.2) is 46.0 Å². The average Bonchev–Trinajstić information content (AvgIpc) is 2.83. The van der Waals surface area contributed by atoms with Crippen molar-refractivity contribution in [3.63, 3.8) is 0 Å². The lowest BCUT2D eigenvalue weighted by Crippen LogP contribution is -2.31. The summed E-state index contributed by atoms with van der Waals surface area (Å²) >= 11 is 9.11. The molecule has 1 aromatic heterocycles. The molecule has 1 N–H and O–H groups in total. The molecule has 0 fully saturated rings. The highest BCUT2D eigenvalue weighted by molar-refractivity contribution is 8.11. The number of nitrogens with one attached hydrogen (secondary N) is 1. The van der Waals surface area contributed by atoms with Gasteiger partial charge in [0.1, 0.15) is 15.9 Å². The summed E-state index contributed by atoms with van der Waals surface area (Å²) in [6, 6.07) is 3.44. The molecule has 0 aliphatic rings. The number of amides is 1. The number of aromatic nitrogens is 2. The average molecular weight is 367 g/mol. The number of thiocarbonyl (C=S) groups is 1. The molecule has 0 spiro atoms. The van der Waals surface area contributed by atoms with Gasteiger partial charge in [-0.2, -0.15) is 0 Å². The van der Waals surface area contributed by atoms with Crippen molar-refractivity contribution in [2.24, 2.45) is 0 Å². The van der Waals surface area contributed by atoms with Crippen molar-refractivity contribution in [2.45, 2.75) is 26.2 Å². The zero-order valence-electron chi connectivity index (χ0n) is 14.7. The van der Waals surface area contributed by atoms with Gasteiger partial charge in [0.05, 0.1) is 23.8 Å². The van der Waals surface area contributed by atoms with Crippen molar-refractivity contribution in [2.75, 3.05) is 26.5 Å². The van der Waals surface area contributed by atoms with Crippen LogP contribution >= 0.6 is 24.8 Å². The summed E-state index contributed by atoms with van der Waals surface area (Å²) in [7, 11) is 5.00. The normalized spacial score (nSPS) is 11.5. The first-order chi connectivity index (χ1) is 11.1. The van der Waals surface area contributed by atoms with Crippen LogP contribution in [-0.2, 0) is 5.41 Å². The van der Waals surface area contributed by atoms with Gasteiger partial charge in [-0.3, -0.25) is 0 Å². The summed E-state index contributed by atoms with van der Waals surface area (Å²) in [4.78, 5) is 18.9. The SMILES string of the molecule is COc1cc2nc(C(C)(C)C)n(C(=O)N(C)C)c2cc1NC(=S)S. The fourth-order valence-corrected chi connectivity index (χ4v) is 2.61. The summed E-state index contributed by atoms with van der Waals surface area (Å²) in [5.41, 5.74) is 1.71. The van der Waals surface area contributed by atoms with Crippen LogP contribution in [0.5, 0.6) is 5.75 Å². The number of hydrogen-bond acceptors (Lipinski definition) is 4. The topological polar surface area (TPSA) is 59.4 Å². The molecule has 8 heteroatoms. The summed E-state index contributed by atoms with van der Waals surface area (Å²) < 4.78 is 7.34. The van der Waals surface area contributed by atoms with Crippen molar-refractivity contribution in [1.82, 2.24) is 14.5 Å². The molecular formula is C16H22N4O2S2. The number of nitrogens with zero attached hydrogens (tertiary/aromatic N) is 3. The summed E-state index contributed by atoms with van der Waals surface area (Å²) in [6.45, 7) is 6.06. The van der Waals surface area contributed by atoms with E-state index < -0.39 is 0 Å². The maximum absolute atomic E-state index is 12.7. The molecule has 0 radical (unpaired) electrons. The van der Waals surface area contributed by atoms with Gasteiger partial charge >= 0.3 is 6.03 Å². The minimum Gasteiger partial charge on any atom is -0.494 e. The Morgan fingerprint density at radius 1 is 1.38 bits per heavy atom. The lowest BCUT2D eigenvalue weighted by Gasteiger charge is -2.21. The number of rotatable bonds is 2. The van der Waals surface area contributed by atoms with Crippen LogP contribution < -0.4 is 10.1 Å². The Labute approximate surface area is 152 Å². The predicted octanol–water partition coefficient (Wildman–Crippen LogP) is 3.50. The van der Waals surface area contributed by atoms with Crippen LogP contribution in [0.15, 0.2) is 12.1 Å². The minimum absolute atomic E-state index is 0.160. The molecule has 0 aliphatic heterocycles. The molecule has 0 saturated heterocycles. The fourth-order valence-electron chi connectivity index (χ4n) is 2.38. The van der Waals surface area contributed by atoms with Gasteiger partial charge in [-0.1, -0.05) is 33.0 Å². The van der Waals surface area contributed by atoms with E-state index in [1.807, 2.05) is 20.8 Å². The summed E-state index contributed by atoms with van der Waals surface area (Å²) in [5.74, 6) is 1.27. The Kier molecular flexibility index (Phi) is 5.10. The highest BCUT2D eigenvalue weighted by Crippen LogP contribution is 2.34. The number of anilines is 1. The van der Waals surface area contributed by atoms with Crippen molar-refractivity contribution >= 4 is 51.9 Å². The third-order valence-electron chi connectivity index (χ3n) is 3.46. The van der Waals surface area contributed by atoms with Crippen molar-refractivity contribution < 1.29 is 9.53 Å². The Morgan fingerprint density at radius 3 is 2.46 bits per heavy atom. The van der Waals surface area contributed by atoms with Crippen LogP contribution in [0.1, 0.15) is 26.6 Å². The number of methoxy groups -OCH3 is 1. The van der Waals surface area contributed by atoms with E-state index in [0.717, 1.165) is 0 Å². The van der Waals surface area contributed by atoms with Crippen LogP contribution in [0.2, 0.25) is 0 Å². The Balaban J connectivity index is 2.83. The van der Waals surface area contributed by atoms with Crippen molar-refractivity contribution in [1.29, 1.82) is 0 Å². The smallest absolute Gasteiger partial charge is 0.329 e. The zero-order chi connectivity index (χ0) is 18.2. The van der Waals surface area contributed by atoms with Crippen molar-refractivity contribution in [3.05, 3.63) is 18.0 Å². The second kappa shape index (κ2) is 6.60. The molecule has 130 valence electrons. The van der Waals surface area contributed by atoms with Gasteiger partial charge < -0.3 is 15.0 Å². The molecule has 24 heavy (non-hydrogen) atoms. The van der Waals surface area contributed by atoms with Gasteiger partial charge in [0.2, 0.25) is 0 Å². The number of ether oxygens (including phenoxy) is 1. The third kappa shape index (κ3) is 3.49. The molecule has 1 heterocycles. The molecule has 2 rings (SSSR count). The molecule has 0 atom stereocenters. The number of carbonyl (C=O) groups excluding carboxylic acids is 1. The Hall–Kier alpha value is -1.80. The van der Waals surface area contributed by atoms with Crippen LogP contribution in [0, 0.1) is 0 Å². The number of carbonyl (C=O) groups is 1. The molecule has 0 unspecified atom stereocenters. The van der Waals surface area contributed by atoms with Gasteiger partial charge in [0.25, 0.3) is 0 Å². The highest BCUT2D eigenvalue weighted by Gasteiger charge is 2.27. The first-order valence-electron chi connectivity index (χ1n) is 7.38. The summed E-state index contributed by atoms with van der Waals surface area (Å²) in [6.07, 6.45) is 0. The number of benzene rings is 1. The Morgan fingerprint density at radius 2 is 2.00 bits per heavy atom. The van der Waals surface area contributed by atoms with Gasteiger partial charge in [-0.25, -0.2) is 14.3 Å². The lowest BCUT2D eigenvalue weighted by atomic mass is 9.96. The standard InChI is InChI=1S/C16H22N4O2S2/c1-16(2,3)13-17-9-8-12(22-6)10(18-14(23)24)7-11(9)20(13)15(21)19(4)5/h7-8H,1-6H3,(H2,18,23,24). The van der Waals surface area contributed by atoms with E-state index in [4.69, 9.17) is 17.0 Å². The molecular weight excluding hydrogens is 344 g/mol. The van der Waals surface area contributed by atoms with E-state index in [1.54, 1.807) is 37.9 Å². The molecule has 6 nitrogen and oxygen atoms in total. The molecule has 1 aromatic carbocycles. The predicted molar refractivity (Wildman–Crippen MR) is 105 cm³/mol. The highest BCUT2D eigenvalue weighted by atomic mass is 32.1. The quantitative estimate of drug-likeness (QED) is 0.629. The summed E-state index contributed by atoms with van der Waals surface area (Å²) in [5, 5.41) is 2.96. The lowest BCUT2D eigenvalue weighted by molar-refractivity contribution is 0.218. The fraction of sp³-hybridized carbons (Fsp3) is 0.438. The second-order valence-electron chi connectivity index (χ2n) is 6.67. The van der Waals surface area contributed by atoms with E-state index in [2.05, 4.69) is 22.9 Å². The number of thiol groups is 1. The van der Waals surface area contributed by atoms with Crippen LogP contribution in [0.4, 0.5) is 10.5 Å². The monoisotopic (exact) mass is 366 g/mol. The maximum atomic E-state index is 12.7. The largest absolute Gasteiger partial charge is 0.494 e. The van der Waals surface area contributed by atoms with E-state index in [9.17, 15) is 4.79 Å². The third-order valence-corrected chi connectivity index (χ3v) is 3.68. The minimum atomic E-state index is -0.301. The van der Waals surface area contributed by atoms with E-state index in [1.165, 1.54) is 4.90 Å². The van der Waals surface area contributed by atoms with E-state index in [0.29, 0.717) is 32.6 Å². The Bertz CT molecular complexity index is 806. The number of imidazole rings is 1. The molecule has 0 bridgehead atoms. The second-order valence-corrected chi connectivity index (χ2v) is 7.83. The zero-order valence-corrected chi connectivity index (χ0v) is 16.4. The van der Waals surface area contributed by atoms with Gasteiger partial charge in [-0.15, -0.1) is 12.6 Å². The maximum Gasteiger partial charge on any atom is 0.329 e. The first-order valence-corrected chi connectivity index (χ1v) is 8.24. The van der Waals surface area contributed by atoms with Crippen LogP contribution in [0.25, 0.3) is 11.0 Å². The molecule has 1 amide bonds. The van der Waals surface area contributed by atoms with Crippen molar-refractivity contribution in [3.8, 4) is 5.75 Å².